The van der Waals surface area contributed by atoms with Crippen molar-refractivity contribution in [2.24, 2.45) is 0 Å². The smallest absolute Gasteiger partial charge is 0.333 e. The summed E-state index contributed by atoms with van der Waals surface area (Å²) in [6.45, 7) is 1.51. The molecule has 0 aromatic heterocycles. The van der Waals surface area contributed by atoms with Crippen LogP contribution in [0.25, 0.3) is 0 Å². The van der Waals surface area contributed by atoms with Gasteiger partial charge in [-0.3, -0.25) is 9.59 Å². The quantitative estimate of drug-likeness (QED) is 0.395. The van der Waals surface area contributed by atoms with Crippen LogP contribution < -0.4 is 9.47 Å². The number of carbonyl (C=O) groups excluding carboxylic acids is 2. The van der Waals surface area contributed by atoms with E-state index in [9.17, 15) is 9.59 Å². The Morgan fingerprint density at radius 1 is 0.615 bits per heavy atom. The summed E-state index contributed by atoms with van der Waals surface area (Å²) in [5, 5.41) is 0. The van der Waals surface area contributed by atoms with Crippen molar-refractivity contribution in [3.05, 3.63) is 96.6 Å². The number of rotatable bonds is 5. The molecule has 0 saturated carbocycles. The molecule has 0 heterocycles. The monoisotopic (exact) mass is 346 g/mol. The van der Waals surface area contributed by atoms with Gasteiger partial charge in [-0.05, 0) is 36.8 Å². The zero-order valence-electron chi connectivity index (χ0n) is 14.3. The first-order chi connectivity index (χ1) is 12.6. The van der Waals surface area contributed by atoms with Crippen LogP contribution >= 0.6 is 0 Å². The van der Waals surface area contributed by atoms with Gasteiger partial charge in [0.05, 0.1) is 0 Å². The van der Waals surface area contributed by atoms with Gasteiger partial charge in [0.1, 0.15) is 11.5 Å². The Morgan fingerprint density at radius 2 is 0.962 bits per heavy atom. The molecule has 0 atom stereocenters. The van der Waals surface area contributed by atoms with Crippen molar-refractivity contribution < 1.29 is 19.1 Å². The minimum atomic E-state index is -1.60. The van der Waals surface area contributed by atoms with Gasteiger partial charge in [-0.25, -0.2) is 0 Å². The minimum absolute atomic E-state index is 0.368. The summed E-state index contributed by atoms with van der Waals surface area (Å²) in [5.41, 5.74) is -1.10. The lowest BCUT2D eigenvalue weighted by molar-refractivity contribution is -0.153. The van der Waals surface area contributed by atoms with Crippen molar-refractivity contribution in [1.29, 1.82) is 0 Å². The van der Waals surface area contributed by atoms with Crippen LogP contribution in [0.4, 0.5) is 0 Å². The molecule has 0 aliphatic carbocycles. The lowest BCUT2D eigenvalue weighted by Crippen LogP contribution is -2.46. The van der Waals surface area contributed by atoms with Crippen LogP contribution in [0, 0.1) is 0 Å². The molecule has 0 aliphatic rings. The zero-order valence-corrected chi connectivity index (χ0v) is 14.3. The van der Waals surface area contributed by atoms with Gasteiger partial charge in [-0.15, -0.1) is 0 Å². The van der Waals surface area contributed by atoms with Gasteiger partial charge in [0.15, 0.2) is 5.41 Å². The molecule has 0 spiro atoms. The topological polar surface area (TPSA) is 52.6 Å². The fraction of sp³-hybridized carbons (Fsp3) is 0.0909. The number of ether oxygens (including phenoxy) is 2. The summed E-state index contributed by atoms with van der Waals surface area (Å²) in [5.74, 6) is -0.661. The van der Waals surface area contributed by atoms with E-state index >= 15 is 0 Å². The number of para-hydroxylation sites is 2. The average Bonchev–Trinajstić information content (AvgIpc) is 2.69. The summed E-state index contributed by atoms with van der Waals surface area (Å²) in [6.07, 6.45) is 0. The molecular weight excluding hydrogens is 328 g/mol. The molecule has 0 saturated heterocycles. The first-order valence-corrected chi connectivity index (χ1v) is 8.21. The van der Waals surface area contributed by atoms with Crippen molar-refractivity contribution in [2.75, 3.05) is 0 Å². The molecule has 0 N–H and O–H groups in total. The Bertz CT molecular complexity index is 820. The van der Waals surface area contributed by atoms with Gasteiger partial charge in [0.25, 0.3) is 0 Å². The van der Waals surface area contributed by atoms with Gasteiger partial charge >= 0.3 is 11.9 Å². The Hall–Kier alpha value is -3.40. The molecule has 3 aromatic rings. The van der Waals surface area contributed by atoms with E-state index in [0.717, 1.165) is 0 Å². The highest BCUT2D eigenvalue weighted by Crippen LogP contribution is 2.29. The molecule has 0 amide bonds. The Balaban J connectivity index is 1.94. The summed E-state index contributed by atoms with van der Waals surface area (Å²) in [4.78, 5) is 25.9. The Morgan fingerprint density at radius 3 is 1.35 bits per heavy atom. The maximum Gasteiger partial charge on any atom is 0.333 e. The standard InChI is InChI=1S/C22H18O4/c1-22(17-11-5-2-6-12-17,20(23)25-18-13-7-3-8-14-18)21(24)26-19-15-9-4-10-16-19/h2-16H,1H3. The van der Waals surface area contributed by atoms with E-state index in [1.54, 1.807) is 72.8 Å². The van der Waals surface area contributed by atoms with Crippen LogP contribution in [0.5, 0.6) is 11.5 Å². The highest BCUT2D eigenvalue weighted by Gasteiger charge is 2.46. The van der Waals surface area contributed by atoms with Crippen molar-refractivity contribution in [2.45, 2.75) is 12.3 Å². The third-order valence-corrected chi connectivity index (χ3v) is 4.08. The van der Waals surface area contributed by atoms with Crippen molar-refractivity contribution >= 4 is 11.9 Å². The fourth-order valence-electron chi connectivity index (χ4n) is 2.49. The predicted octanol–water partition coefficient (Wildman–Crippen LogP) is 4.16. The summed E-state index contributed by atoms with van der Waals surface area (Å²) in [6, 6.07) is 26.0. The number of esters is 2. The number of carbonyl (C=O) groups is 2. The van der Waals surface area contributed by atoms with Crippen LogP contribution in [0.2, 0.25) is 0 Å². The first-order valence-electron chi connectivity index (χ1n) is 8.21. The number of hydrogen-bond acceptors (Lipinski definition) is 4. The second-order valence-electron chi connectivity index (χ2n) is 5.90. The van der Waals surface area contributed by atoms with E-state index in [1.807, 2.05) is 18.2 Å². The molecular formula is C22H18O4. The fourth-order valence-corrected chi connectivity index (χ4v) is 2.49. The number of benzene rings is 3. The third-order valence-electron chi connectivity index (χ3n) is 4.08. The predicted molar refractivity (Wildman–Crippen MR) is 97.9 cm³/mol. The van der Waals surface area contributed by atoms with Gasteiger partial charge in [0, 0.05) is 0 Å². The van der Waals surface area contributed by atoms with Crippen LogP contribution in [-0.2, 0) is 15.0 Å². The maximum absolute atomic E-state index is 12.9. The minimum Gasteiger partial charge on any atom is -0.425 e. The SMILES string of the molecule is CC(C(=O)Oc1ccccc1)(C(=O)Oc1ccccc1)c1ccccc1. The van der Waals surface area contributed by atoms with Crippen molar-refractivity contribution in [1.82, 2.24) is 0 Å². The molecule has 26 heavy (non-hydrogen) atoms. The normalized spacial score (nSPS) is 10.8. The number of hydrogen-bond donors (Lipinski definition) is 0. The summed E-state index contributed by atoms with van der Waals surface area (Å²) in [7, 11) is 0. The highest BCUT2D eigenvalue weighted by atomic mass is 16.6. The maximum atomic E-state index is 12.9. The van der Waals surface area contributed by atoms with E-state index in [4.69, 9.17) is 9.47 Å². The molecule has 3 aromatic carbocycles. The lowest BCUT2D eigenvalue weighted by atomic mass is 9.82. The van der Waals surface area contributed by atoms with Crippen LogP contribution in [0.1, 0.15) is 12.5 Å². The molecule has 0 bridgehead atoms. The van der Waals surface area contributed by atoms with E-state index in [1.165, 1.54) is 6.92 Å². The molecule has 0 unspecified atom stereocenters. The molecule has 3 rings (SSSR count). The van der Waals surface area contributed by atoms with E-state index < -0.39 is 17.4 Å². The molecule has 0 radical (unpaired) electrons. The van der Waals surface area contributed by atoms with Gasteiger partial charge < -0.3 is 9.47 Å². The van der Waals surface area contributed by atoms with Crippen LogP contribution in [0.15, 0.2) is 91.0 Å². The van der Waals surface area contributed by atoms with Crippen molar-refractivity contribution in [3.63, 3.8) is 0 Å². The Labute approximate surface area is 152 Å². The van der Waals surface area contributed by atoms with E-state index in [-0.39, 0.29) is 0 Å². The van der Waals surface area contributed by atoms with E-state index in [2.05, 4.69) is 0 Å². The molecule has 4 nitrogen and oxygen atoms in total. The second-order valence-corrected chi connectivity index (χ2v) is 5.90. The first kappa shape index (κ1) is 17.4. The lowest BCUT2D eigenvalue weighted by Gasteiger charge is -2.25. The van der Waals surface area contributed by atoms with Crippen LogP contribution in [-0.4, -0.2) is 11.9 Å². The van der Waals surface area contributed by atoms with Crippen LogP contribution in [0.3, 0.4) is 0 Å². The average molecular weight is 346 g/mol. The van der Waals surface area contributed by atoms with Gasteiger partial charge in [-0.1, -0.05) is 66.7 Å². The highest BCUT2D eigenvalue weighted by molar-refractivity contribution is 6.07. The molecule has 130 valence electrons. The summed E-state index contributed by atoms with van der Waals surface area (Å²) >= 11 is 0. The molecule has 0 aliphatic heterocycles. The molecule has 4 heteroatoms. The van der Waals surface area contributed by atoms with Gasteiger partial charge in [-0.2, -0.15) is 0 Å². The van der Waals surface area contributed by atoms with E-state index in [0.29, 0.717) is 17.1 Å². The third kappa shape index (κ3) is 3.64. The van der Waals surface area contributed by atoms with Crippen molar-refractivity contribution in [3.8, 4) is 11.5 Å². The zero-order chi connectivity index (χ0) is 18.4. The summed E-state index contributed by atoms with van der Waals surface area (Å²) < 4.78 is 10.9. The van der Waals surface area contributed by atoms with Gasteiger partial charge in [0.2, 0.25) is 0 Å². The Kier molecular flexibility index (Phi) is 5.13. The largest absolute Gasteiger partial charge is 0.425 e. The molecule has 0 fully saturated rings. The second kappa shape index (κ2) is 7.66.